The van der Waals surface area contributed by atoms with Gasteiger partial charge in [0, 0.05) is 4.47 Å². The number of hydrogen-bond donors (Lipinski definition) is 1. The molecule has 0 spiro atoms. The van der Waals surface area contributed by atoms with Gasteiger partial charge < -0.3 is 9.84 Å². The maximum Gasteiger partial charge on any atom is 0.120 e. The normalized spacial score (nSPS) is 12.4. The Labute approximate surface area is 131 Å². The van der Waals surface area contributed by atoms with Gasteiger partial charge in [0.25, 0.3) is 0 Å². The molecule has 0 aliphatic carbocycles. The maximum atomic E-state index is 10.3. The van der Waals surface area contributed by atoms with Gasteiger partial charge in [-0.1, -0.05) is 67.4 Å². The van der Waals surface area contributed by atoms with E-state index in [1.165, 1.54) is 32.1 Å². The predicted molar refractivity (Wildman–Crippen MR) is 88.3 cm³/mol. The molecule has 0 amide bonds. The minimum absolute atomic E-state index is 0.383. The largest absolute Gasteiger partial charge is 0.494 e. The van der Waals surface area contributed by atoms with E-state index in [0.29, 0.717) is 6.61 Å². The van der Waals surface area contributed by atoms with Crippen molar-refractivity contribution >= 4 is 15.9 Å². The zero-order valence-corrected chi connectivity index (χ0v) is 14.3. The Bertz CT molecular complexity index is 379. The second kappa shape index (κ2) is 10.2. The maximum absolute atomic E-state index is 10.3. The number of halogens is 1. The van der Waals surface area contributed by atoms with E-state index >= 15 is 0 Å². The first kappa shape index (κ1) is 17.5. The Balaban J connectivity index is 2.37. The highest BCUT2D eigenvalue weighted by atomic mass is 79.9. The summed E-state index contributed by atoms with van der Waals surface area (Å²) < 4.78 is 6.38. The topological polar surface area (TPSA) is 29.5 Å². The van der Waals surface area contributed by atoms with Crippen molar-refractivity contribution in [3.05, 3.63) is 28.2 Å². The third-order valence-corrected chi connectivity index (χ3v) is 4.16. The van der Waals surface area contributed by atoms with Crippen LogP contribution >= 0.6 is 15.9 Å². The third-order valence-electron chi connectivity index (χ3n) is 3.47. The van der Waals surface area contributed by atoms with Crippen LogP contribution in [-0.2, 0) is 0 Å². The molecule has 0 aliphatic heterocycles. The Morgan fingerprint density at radius 1 is 1.10 bits per heavy atom. The molecule has 20 heavy (non-hydrogen) atoms. The SMILES string of the molecule is CCCCCCCCC(O)c1ccc(OCC)cc1Br. The van der Waals surface area contributed by atoms with Gasteiger partial charge in [-0.05, 0) is 31.0 Å². The van der Waals surface area contributed by atoms with E-state index < -0.39 is 0 Å². The van der Waals surface area contributed by atoms with Crippen LogP contribution in [-0.4, -0.2) is 11.7 Å². The average Bonchev–Trinajstić information content (AvgIpc) is 2.43. The molecule has 114 valence electrons. The molecule has 0 radical (unpaired) electrons. The number of aliphatic hydroxyl groups is 1. The smallest absolute Gasteiger partial charge is 0.120 e. The standard InChI is InChI=1S/C17H27BrO2/c1-3-5-6-7-8-9-10-17(19)15-12-11-14(20-4-2)13-16(15)18/h11-13,17,19H,3-10H2,1-2H3. The average molecular weight is 343 g/mol. The number of benzene rings is 1. The molecule has 1 rings (SSSR count). The summed E-state index contributed by atoms with van der Waals surface area (Å²) >= 11 is 3.52. The Morgan fingerprint density at radius 2 is 1.80 bits per heavy atom. The molecule has 0 aliphatic rings. The molecule has 0 bridgehead atoms. The summed E-state index contributed by atoms with van der Waals surface area (Å²) in [5.41, 5.74) is 0.960. The van der Waals surface area contributed by atoms with Crippen molar-refractivity contribution in [2.45, 2.75) is 64.9 Å². The van der Waals surface area contributed by atoms with Crippen LogP contribution in [0.25, 0.3) is 0 Å². The highest BCUT2D eigenvalue weighted by Gasteiger charge is 2.11. The lowest BCUT2D eigenvalue weighted by Gasteiger charge is -2.14. The van der Waals surface area contributed by atoms with Crippen LogP contribution in [0.2, 0.25) is 0 Å². The zero-order valence-electron chi connectivity index (χ0n) is 12.7. The monoisotopic (exact) mass is 342 g/mol. The van der Waals surface area contributed by atoms with Crippen LogP contribution in [0, 0.1) is 0 Å². The fourth-order valence-electron chi connectivity index (χ4n) is 2.31. The van der Waals surface area contributed by atoms with E-state index in [1.54, 1.807) is 0 Å². The van der Waals surface area contributed by atoms with Crippen molar-refractivity contribution in [3.8, 4) is 5.75 Å². The van der Waals surface area contributed by atoms with E-state index in [1.807, 2.05) is 25.1 Å². The number of rotatable bonds is 10. The predicted octanol–water partition coefficient (Wildman–Crippen LogP) is 5.63. The first-order valence-corrected chi connectivity index (χ1v) is 8.58. The van der Waals surface area contributed by atoms with Crippen LogP contribution in [0.4, 0.5) is 0 Å². The van der Waals surface area contributed by atoms with Crippen molar-refractivity contribution in [2.24, 2.45) is 0 Å². The van der Waals surface area contributed by atoms with Crippen molar-refractivity contribution in [1.29, 1.82) is 0 Å². The molecule has 0 heterocycles. The van der Waals surface area contributed by atoms with Gasteiger partial charge in [0.05, 0.1) is 12.7 Å². The summed E-state index contributed by atoms with van der Waals surface area (Å²) in [6, 6.07) is 5.81. The summed E-state index contributed by atoms with van der Waals surface area (Å²) in [6.45, 7) is 4.86. The fraction of sp³-hybridized carbons (Fsp3) is 0.647. The number of ether oxygens (including phenoxy) is 1. The third kappa shape index (κ3) is 6.27. The van der Waals surface area contributed by atoms with E-state index in [-0.39, 0.29) is 6.10 Å². The van der Waals surface area contributed by atoms with Crippen molar-refractivity contribution < 1.29 is 9.84 Å². The van der Waals surface area contributed by atoms with E-state index in [4.69, 9.17) is 4.74 Å². The number of unbranched alkanes of at least 4 members (excludes halogenated alkanes) is 5. The van der Waals surface area contributed by atoms with Crippen LogP contribution in [0.5, 0.6) is 5.75 Å². The number of hydrogen-bond acceptors (Lipinski definition) is 2. The van der Waals surface area contributed by atoms with Crippen LogP contribution in [0.15, 0.2) is 22.7 Å². The summed E-state index contributed by atoms with van der Waals surface area (Å²) in [5.74, 6) is 0.842. The highest BCUT2D eigenvalue weighted by molar-refractivity contribution is 9.10. The quantitative estimate of drug-likeness (QED) is 0.558. The molecule has 0 aromatic heterocycles. The first-order valence-electron chi connectivity index (χ1n) is 7.79. The molecule has 0 saturated carbocycles. The lowest BCUT2D eigenvalue weighted by Crippen LogP contribution is -2.00. The molecule has 1 atom stereocenters. The summed E-state index contributed by atoms with van der Waals surface area (Å²) in [6.07, 6.45) is 7.96. The van der Waals surface area contributed by atoms with Crippen LogP contribution < -0.4 is 4.74 Å². The second-order valence-corrected chi connectivity index (χ2v) is 6.04. The molecule has 1 N–H and O–H groups in total. The van der Waals surface area contributed by atoms with Gasteiger partial charge in [-0.3, -0.25) is 0 Å². The van der Waals surface area contributed by atoms with Crippen molar-refractivity contribution in [3.63, 3.8) is 0 Å². The van der Waals surface area contributed by atoms with Crippen molar-refractivity contribution in [1.82, 2.24) is 0 Å². The van der Waals surface area contributed by atoms with Gasteiger partial charge in [-0.2, -0.15) is 0 Å². The molecule has 2 nitrogen and oxygen atoms in total. The molecular weight excluding hydrogens is 316 g/mol. The molecule has 0 saturated heterocycles. The molecule has 3 heteroatoms. The van der Waals surface area contributed by atoms with E-state index in [2.05, 4.69) is 22.9 Å². The van der Waals surface area contributed by atoms with Gasteiger partial charge in [-0.15, -0.1) is 0 Å². The van der Waals surface area contributed by atoms with Gasteiger partial charge in [0.15, 0.2) is 0 Å². The van der Waals surface area contributed by atoms with Crippen LogP contribution in [0.1, 0.15) is 70.5 Å². The van der Waals surface area contributed by atoms with Gasteiger partial charge >= 0.3 is 0 Å². The highest BCUT2D eigenvalue weighted by Crippen LogP contribution is 2.30. The Morgan fingerprint density at radius 3 is 2.45 bits per heavy atom. The summed E-state index contributed by atoms with van der Waals surface area (Å²) in [7, 11) is 0. The minimum atomic E-state index is -0.383. The molecule has 1 aromatic carbocycles. The minimum Gasteiger partial charge on any atom is -0.494 e. The summed E-state index contributed by atoms with van der Waals surface area (Å²) in [4.78, 5) is 0. The van der Waals surface area contributed by atoms with Gasteiger partial charge in [0.1, 0.15) is 5.75 Å². The van der Waals surface area contributed by atoms with Gasteiger partial charge in [0.2, 0.25) is 0 Å². The lowest BCUT2D eigenvalue weighted by atomic mass is 10.0. The fourth-order valence-corrected chi connectivity index (χ4v) is 2.93. The Kier molecular flexibility index (Phi) is 8.95. The molecular formula is C17H27BrO2. The van der Waals surface area contributed by atoms with Crippen molar-refractivity contribution in [2.75, 3.05) is 6.61 Å². The van der Waals surface area contributed by atoms with E-state index in [9.17, 15) is 5.11 Å². The van der Waals surface area contributed by atoms with Gasteiger partial charge in [-0.25, -0.2) is 0 Å². The first-order chi connectivity index (χ1) is 9.69. The van der Waals surface area contributed by atoms with Crippen LogP contribution in [0.3, 0.4) is 0 Å². The van der Waals surface area contributed by atoms with E-state index in [0.717, 1.165) is 28.6 Å². The Hall–Kier alpha value is -0.540. The molecule has 1 unspecified atom stereocenters. The zero-order chi connectivity index (χ0) is 14.8. The second-order valence-electron chi connectivity index (χ2n) is 5.19. The summed E-state index contributed by atoms with van der Waals surface area (Å²) in [5, 5.41) is 10.3. The molecule has 0 fully saturated rings. The number of aliphatic hydroxyl groups excluding tert-OH is 1. The lowest BCUT2D eigenvalue weighted by molar-refractivity contribution is 0.162. The molecule has 1 aromatic rings.